The lowest BCUT2D eigenvalue weighted by Crippen LogP contribution is -2.11. The molecule has 1 aromatic rings. The van der Waals surface area contributed by atoms with Gasteiger partial charge >= 0.3 is 12.4 Å². The summed E-state index contributed by atoms with van der Waals surface area (Å²) >= 11 is 0.409. The van der Waals surface area contributed by atoms with Gasteiger partial charge in [-0.1, -0.05) is 0 Å². The van der Waals surface area contributed by atoms with Gasteiger partial charge in [0.25, 0.3) is 0 Å². The quantitative estimate of drug-likeness (QED) is 0.614. The fraction of sp³-hybridized carbons (Fsp3) is 0.333. The molecule has 0 aliphatic heterocycles. The van der Waals surface area contributed by atoms with Crippen molar-refractivity contribution >= 4 is 11.8 Å². The fourth-order valence-corrected chi connectivity index (χ4v) is 1.94. The Morgan fingerprint density at radius 3 is 1.71 bits per heavy atom. The van der Waals surface area contributed by atoms with Crippen LogP contribution >= 0.6 is 11.8 Å². The summed E-state index contributed by atoms with van der Waals surface area (Å²) in [5, 5.41) is 9.23. The molecule has 96 valence electrons. The lowest BCUT2D eigenvalue weighted by atomic mass is 10.1. The Balaban J connectivity index is 3.49. The van der Waals surface area contributed by atoms with Crippen LogP contribution in [0.3, 0.4) is 0 Å². The maximum atomic E-state index is 12.4. The van der Waals surface area contributed by atoms with Gasteiger partial charge in [0, 0.05) is 0 Å². The van der Waals surface area contributed by atoms with Crippen molar-refractivity contribution in [1.29, 1.82) is 0 Å². The van der Waals surface area contributed by atoms with E-state index in [0.29, 0.717) is 17.8 Å². The molecule has 0 amide bonds. The van der Waals surface area contributed by atoms with Gasteiger partial charge in [-0.25, -0.2) is 0 Å². The Hall–Kier alpha value is -1.05. The molecule has 0 saturated carbocycles. The Bertz CT molecular complexity index is 423. The van der Waals surface area contributed by atoms with Gasteiger partial charge in [-0.2, -0.15) is 26.3 Å². The number of hydrogen-bond acceptors (Lipinski definition) is 2. The molecule has 0 atom stereocenters. The molecule has 0 aliphatic carbocycles. The van der Waals surface area contributed by atoms with Crippen molar-refractivity contribution in [3.8, 4) is 5.75 Å². The zero-order chi connectivity index (χ0) is 13.4. The van der Waals surface area contributed by atoms with Crippen molar-refractivity contribution < 1.29 is 31.4 Å². The molecule has 0 heterocycles. The van der Waals surface area contributed by atoms with Crippen molar-refractivity contribution in [2.45, 2.75) is 17.2 Å². The highest BCUT2D eigenvalue weighted by molar-refractivity contribution is 7.98. The van der Waals surface area contributed by atoms with E-state index in [1.54, 1.807) is 0 Å². The second-order valence-corrected chi connectivity index (χ2v) is 3.85. The van der Waals surface area contributed by atoms with Crippen LogP contribution in [0.1, 0.15) is 11.1 Å². The van der Waals surface area contributed by atoms with E-state index in [2.05, 4.69) is 0 Å². The molecule has 8 heteroatoms. The van der Waals surface area contributed by atoms with Crippen molar-refractivity contribution in [3.63, 3.8) is 0 Å². The zero-order valence-electron chi connectivity index (χ0n) is 8.28. The first kappa shape index (κ1) is 14.0. The van der Waals surface area contributed by atoms with E-state index in [9.17, 15) is 31.4 Å². The number of thioether (sulfide) groups is 1. The second kappa shape index (κ2) is 4.32. The van der Waals surface area contributed by atoms with Crippen LogP contribution in [-0.4, -0.2) is 11.4 Å². The predicted molar refractivity (Wildman–Crippen MR) is 49.9 cm³/mol. The molecular formula is C9H6F6OS. The molecule has 1 rings (SSSR count). The van der Waals surface area contributed by atoms with E-state index in [1.807, 2.05) is 0 Å². The van der Waals surface area contributed by atoms with Crippen molar-refractivity contribution in [2.75, 3.05) is 6.26 Å². The summed E-state index contributed by atoms with van der Waals surface area (Å²) in [5.74, 6) is -1.39. The topological polar surface area (TPSA) is 20.2 Å². The van der Waals surface area contributed by atoms with E-state index < -0.39 is 34.1 Å². The molecule has 1 nitrogen and oxygen atoms in total. The summed E-state index contributed by atoms with van der Waals surface area (Å²) in [4.78, 5) is -0.827. The average Bonchev–Trinajstić information content (AvgIpc) is 2.13. The maximum absolute atomic E-state index is 12.4. The zero-order valence-corrected chi connectivity index (χ0v) is 9.09. The van der Waals surface area contributed by atoms with Gasteiger partial charge in [0.2, 0.25) is 0 Å². The van der Waals surface area contributed by atoms with Gasteiger partial charge in [0.15, 0.2) is 0 Å². The Morgan fingerprint density at radius 1 is 0.941 bits per heavy atom. The first-order valence-corrected chi connectivity index (χ1v) is 5.36. The molecule has 0 aromatic heterocycles. The van der Waals surface area contributed by atoms with Crippen LogP contribution in [0.25, 0.3) is 0 Å². The lowest BCUT2D eigenvalue weighted by molar-refractivity contribution is -0.144. The standard InChI is InChI=1S/C9H6F6OS/c1-17-7-5(9(13,14)15)3-2-4(6(7)16)8(10,11)12/h2-3,16H,1H3. The van der Waals surface area contributed by atoms with Gasteiger partial charge in [-0.3, -0.25) is 0 Å². The molecular weight excluding hydrogens is 270 g/mol. The smallest absolute Gasteiger partial charge is 0.419 e. The molecule has 17 heavy (non-hydrogen) atoms. The molecule has 1 aromatic carbocycles. The van der Waals surface area contributed by atoms with E-state index in [1.165, 1.54) is 0 Å². The summed E-state index contributed by atoms with van der Waals surface area (Å²) in [6.45, 7) is 0. The predicted octanol–water partition coefficient (Wildman–Crippen LogP) is 4.15. The van der Waals surface area contributed by atoms with Crippen LogP contribution in [0, 0.1) is 0 Å². The van der Waals surface area contributed by atoms with Gasteiger partial charge in [-0.05, 0) is 18.4 Å². The highest BCUT2D eigenvalue weighted by Gasteiger charge is 2.40. The van der Waals surface area contributed by atoms with E-state index in [4.69, 9.17) is 0 Å². The highest BCUT2D eigenvalue weighted by Crippen LogP contribution is 2.46. The number of phenolic OH excluding ortho intramolecular Hbond substituents is 1. The monoisotopic (exact) mass is 276 g/mol. The van der Waals surface area contributed by atoms with Gasteiger partial charge < -0.3 is 5.11 Å². The minimum absolute atomic E-state index is 0.220. The van der Waals surface area contributed by atoms with Gasteiger partial charge in [0.1, 0.15) is 5.75 Å². The largest absolute Gasteiger partial charge is 0.506 e. The minimum Gasteiger partial charge on any atom is -0.506 e. The van der Waals surface area contributed by atoms with Gasteiger partial charge in [0.05, 0.1) is 16.0 Å². The third kappa shape index (κ3) is 2.80. The van der Waals surface area contributed by atoms with Crippen molar-refractivity contribution in [1.82, 2.24) is 0 Å². The Labute approximate surface area is 96.4 Å². The van der Waals surface area contributed by atoms with Crippen LogP contribution in [0.4, 0.5) is 26.3 Å². The van der Waals surface area contributed by atoms with Crippen LogP contribution in [0.2, 0.25) is 0 Å². The fourth-order valence-electron chi connectivity index (χ4n) is 1.23. The number of hydrogen-bond donors (Lipinski definition) is 1. The molecule has 0 radical (unpaired) electrons. The number of alkyl halides is 6. The lowest BCUT2D eigenvalue weighted by Gasteiger charge is -2.16. The number of rotatable bonds is 1. The molecule has 0 aliphatic rings. The second-order valence-electron chi connectivity index (χ2n) is 3.04. The first-order valence-electron chi connectivity index (χ1n) is 4.13. The van der Waals surface area contributed by atoms with Crippen LogP contribution in [0.5, 0.6) is 5.75 Å². The van der Waals surface area contributed by atoms with Crippen molar-refractivity contribution in [2.24, 2.45) is 0 Å². The number of phenols is 1. The number of halogens is 6. The Kier molecular flexibility index (Phi) is 3.56. The molecule has 0 unspecified atom stereocenters. The first-order chi connectivity index (χ1) is 7.59. The number of aromatic hydroxyl groups is 1. The average molecular weight is 276 g/mol. The third-order valence-electron chi connectivity index (χ3n) is 1.95. The summed E-state index contributed by atoms with van der Waals surface area (Å²) in [5.41, 5.74) is -2.76. The van der Waals surface area contributed by atoms with Crippen LogP contribution in [0.15, 0.2) is 17.0 Å². The maximum Gasteiger partial charge on any atom is 0.419 e. The molecule has 1 N–H and O–H groups in total. The normalized spacial score (nSPS) is 12.9. The van der Waals surface area contributed by atoms with Crippen molar-refractivity contribution in [3.05, 3.63) is 23.3 Å². The minimum atomic E-state index is -4.89. The summed E-state index contributed by atoms with van der Waals surface area (Å²) in [6, 6.07) is 0.534. The highest BCUT2D eigenvalue weighted by atomic mass is 32.2. The Morgan fingerprint density at radius 2 is 1.35 bits per heavy atom. The van der Waals surface area contributed by atoms with Crippen LogP contribution in [-0.2, 0) is 12.4 Å². The van der Waals surface area contributed by atoms with E-state index >= 15 is 0 Å². The molecule has 0 spiro atoms. The molecule has 0 bridgehead atoms. The summed E-state index contributed by atoms with van der Waals surface area (Å²) < 4.78 is 74.3. The molecule has 0 saturated heterocycles. The van der Waals surface area contributed by atoms with Gasteiger partial charge in [-0.15, -0.1) is 11.8 Å². The summed E-state index contributed by atoms with van der Waals surface area (Å²) in [7, 11) is 0. The van der Waals surface area contributed by atoms with Crippen LogP contribution < -0.4 is 0 Å². The third-order valence-corrected chi connectivity index (χ3v) is 2.77. The molecule has 0 fully saturated rings. The van der Waals surface area contributed by atoms with E-state index in [-0.39, 0.29) is 6.07 Å². The van der Waals surface area contributed by atoms with E-state index in [0.717, 1.165) is 6.26 Å². The summed E-state index contributed by atoms with van der Waals surface area (Å²) in [6.07, 6.45) is -8.54. The number of benzene rings is 1. The SMILES string of the molecule is CSc1c(C(F)(F)F)ccc(C(F)(F)F)c1O.